The summed E-state index contributed by atoms with van der Waals surface area (Å²) in [4.78, 5) is 45.1. The number of piperidine rings is 1. The SMILES string of the molecule is CNC(=O)C(CCC=O)N1Cc2c(ccc3c2OCC32CCN(Cc3cccc(-c4ccncc4)c3)CC2)C1=O. The van der Waals surface area contributed by atoms with Gasteiger partial charge in [0.1, 0.15) is 18.1 Å². The van der Waals surface area contributed by atoms with Crippen LogP contribution in [0.1, 0.15) is 52.7 Å². The number of pyridine rings is 1. The Morgan fingerprint density at radius 3 is 2.67 bits per heavy atom. The Bertz CT molecular complexity index is 1430. The predicted octanol–water partition coefficient (Wildman–Crippen LogP) is 3.72. The maximum absolute atomic E-state index is 13.3. The van der Waals surface area contributed by atoms with Crippen LogP contribution in [0.3, 0.4) is 0 Å². The van der Waals surface area contributed by atoms with Crippen molar-refractivity contribution in [2.24, 2.45) is 0 Å². The van der Waals surface area contributed by atoms with Gasteiger partial charge in [0, 0.05) is 54.5 Å². The zero-order chi connectivity index (χ0) is 27.7. The summed E-state index contributed by atoms with van der Waals surface area (Å²) in [7, 11) is 1.55. The summed E-state index contributed by atoms with van der Waals surface area (Å²) in [5.74, 6) is 0.388. The number of amides is 2. The number of hydrogen-bond acceptors (Lipinski definition) is 6. The van der Waals surface area contributed by atoms with Crippen LogP contribution in [0.25, 0.3) is 11.1 Å². The standard InChI is InChI=1S/C32H34N4O4/c1-33-30(38)28(6-3-17-37)36-20-26-25(31(36)39)7-8-27-29(26)40-21-32(27)11-15-35(16-12-32)19-22-4-2-5-24(18-22)23-9-13-34-14-10-23/h2,4-5,7-10,13-14,17-18,28H,3,6,11-12,15-16,19-21H2,1H3,(H,33,38). The van der Waals surface area contributed by atoms with E-state index in [1.54, 1.807) is 11.9 Å². The molecule has 1 fully saturated rings. The number of hydrogen-bond donors (Lipinski definition) is 1. The molecular weight excluding hydrogens is 504 g/mol. The minimum absolute atomic E-state index is 0.0616. The highest BCUT2D eigenvalue weighted by Gasteiger charge is 2.47. The van der Waals surface area contributed by atoms with Gasteiger partial charge in [-0.2, -0.15) is 0 Å². The highest BCUT2D eigenvalue weighted by atomic mass is 16.5. The monoisotopic (exact) mass is 538 g/mol. The van der Waals surface area contributed by atoms with Gasteiger partial charge in [0.05, 0.1) is 13.2 Å². The molecule has 0 aliphatic carbocycles. The van der Waals surface area contributed by atoms with E-state index >= 15 is 0 Å². The summed E-state index contributed by atoms with van der Waals surface area (Å²) in [6.45, 7) is 3.77. The number of nitrogens with one attached hydrogen (secondary N) is 1. The highest BCUT2D eigenvalue weighted by Crippen LogP contribution is 2.49. The first kappa shape index (κ1) is 26.2. The fourth-order valence-corrected chi connectivity index (χ4v) is 6.53. The van der Waals surface area contributed by atoms with E-state index in [1.165, 1.54) is 22.3 Å². The molecule has 1 aromatic heterocycles. The minimum Gasteiger partial charge on any atom is -0.492 e. The Morgan fingerprint density at radius 1 is 1.12 bits per heavy atom. The van der Waals surface area contributed by atoms with Crippen molar-refractivity contribution in [3.05, 3.63) is 83.2 Å². The van der Waals surface area contributed by atoms with E-state index in [1.807, 2.05) is 30.6 Å². The molecule has 0 radical (unpaired) electrons. The van der Waals surface area contributed by atoms with Crippen LogP contribution >= 0.6 is 0 Å². The van der Waals surface area contributed by atoms with E-state index in [-0.39, 0.29) is 23.7 Å². The number of fused-ring (bicyclic) bond motifs is 4. The molecule has 8 heteroatoms. The number of nitrogens with zero attached hydrogens (tertiary/aromatic N) is 3. The zero-order valence-corrected chi connectivity index (χ0v) is 22.8. The molecule has 2 aromatic carbocycles. The Kier molecular flexibility index (Phi) is 7.11. The fourth-order valence-electron chi connectivity index (χ4n) is 6.53. The lowest BCUT2D eigenvalue weighted by Crippen LogP contribution is -2.46. The fraction of sp³-hybridized carbons (Fsp3) is 0.375. The maximum atomic E-state index is 13.3. The molecule has 1 spiro atoms. The molecule has 6 rings (SSSR count). The third kappa shape index (κ3) is 4.66. The Morgan fingerprint density at radius 2 is 1.93 bits per heavy atom. The summed E-state index contributed by atoms with van der Waals surface area (Å²) in [6.07, 6.45) is 6.94. The lowest BCUT2D eigenvalue weighted by molar-refractivity contribution is -0.125. The van der Waals surface area contributed by atoms with E-state index in [9.17, 15) is 14.4 Å². The Balaban J connectivity index is 1.16. The number of rotatable bonds is 8. The summed E-state index contributed by atoms with van der Waals surface area (Å²) in [5, 5.41) is 2.64. The zero-order valence-electron chi connectivity index (χ0n) is 22.8. The number of benzene rings is 2. The lowest BCUT2D eigenvalue weighted by atomic mass is 9.74. The third-order valence-corrected chi connectivity index (χ3v) is 8.79. The van der Waals surface area contributed by atoms with Crippen LogP contribution < -0.4 is 10.1 Å². The number of ether oxygens (including phenoxy) is 1. The first-order valence-corrected chi connectivity index (χ1v) is 14.0. The third-order valence-electron chi connectivity index (χ3n) is 8.79. The number of aromatic nitrogens is 1. The van der Waals surface area contributed by atoms with Crippen molar-refractivity contribution < 1.29 is 19.1 Å². The molecule has 1 unspecified atom stereocenters. The maximum Gasteiger partial charge on any atom is 0.255 e. The predicted molar refractivity (Wildman–Crippen MR) is 151 cm³/mol. The minimum atomic E-state index is -0.679. The average molecular weight is 539 g/mol. The molecule has 3 aromatic rings. The van der Waals surface area contributed by atoms with Gasteiger partial charge in [-0.1, -0.05) is 24.3 Å². The van der Waals surface area contributed by atoms with Gasteiger partial charge in [0.15, 0.2) is 0 Å². The molecule has 206 valence electrons. The Labute approximate surface area is 234 Å². The number of carbonyl (C=O) groups excluding carboxylic acids is 3. The van der Waals surface area contributed by atoms with E-state index in [0.29, 0.717) is 25.1 Å². The van der Waals surface area contributed by atoms with Gasteiger partial charge in [0.2, 0.25) is 5.91 Å². The summed E-state index contributed by atoms with van der Waals surface area (Å²) in [5.41, 5.74) is 6.26. The molecule has 1 atom stereocenters. The molecule has 0 saturated carbocycles. The second-order valence-corrected chi connectivity index (χ2v) is 11.1. The quantitative estimate of drug-likeness (QED) is 0.440. The largest absolute Gasteiger partial charge is 0.492 e. The molecule has 3 aliphatic rings. The van der Waals surface area contributed by atoms with Crippen LogP contribution in [0, 0.1) is 0 Å². The normalized spacial score (nSPS) is 18.2. The van der Waals surface area contributed by atoms with E-state index in [0.717, 1.165) is 50.1 Å². The molecule has 4 heterocycles. The average Bonchev–Trinajstić information content (AvgIpc) is 3.52. The van der Waals surface area contributed by atoms with Crippen LogP contribution in [-0.2, 0) is 28.1 Å². The number of likely N-dealkylation sites (tertiary alicyclic amines) is 1. The second kappa shape index (κ2) is 10.8. The molecular formula is C32H34N4O4. The van der Waals surface area contributed by atoms with Gasteiger partial charge in [-0.25, -0.2) is 0 Å². The van der Waals surface area contributed by atoms with E-state index in [4.69, 9.17) is 4.74 Å². The van der Waals surface area contributed by atoms with Crippen molar-refractivity contribution in [3.8, 4) is 16.9 Å². The van der Waals surface area contributed by atoms with Crippen molar-refractivity contribution in [1.29, 1.82) is 0 Å². The molecule has 40 heavy (non-hydrogen) atoms. The van der Waals surface area contributed by atoms with Gasteiger partial charge in [-0.3, -0.25) is 19.5 Å². The van der Waals surface area contributed by atoms with E-state index < -0.39 is 6.04 Å². The summed E-state index contributed by atoms with van der Waals surface area (Å²) >= 11 is 0. The van der Waals surface area contributed by atoms with E-state index in [2.05, 4.69) is 45.5 Å². The van der Waals surface area contributed by atoms with Crippen LogP contribution in [-0.4, -0.2) is 65.7 Å². The van der Waals surface area contributed by atoms with Gasteiger partial charge in [-0.15, -0.1) is 0 Å². The number of likely N-dealkylation sites (N-methyl/N-ethyl adjacent to an activating group) is 1. The van der Waals surface area contributed by atoms with Crippen molar-refractivity contribution in [2.75, 3.05) is 26.7 Å². The first-order chi connectivity index (χ1) is 19.5. The van der Waals surface area contributed by atoms with Crippen molar-refractivity contribution in [2.45, 2.75) is 50.2 Å². The molecule has 0 bridgehead atoms. The van der Waals surface area contributed by atoms with Crippen LogP contribution in [0.2, 0.25) is 0 Å². The summed E-state index contributed by atoms with van der Waals surface area (Å²) in [6, 6.07) is 16.1. The van der Waals surface area contributed by atoms with Crippen molar-refractivity contribution >= 4 is 18.1 Å². The smallest absolute Gasteiger partial charge is 0.255 e. The van der Waals surface area contributed by atoms with Crippen molar-refractivity contribution in [3.63, 3.8) is 0 Å². The molecule has 3 aliphatic heterocycles. The second-order valence-electron chi connectivity index (χ2n) is 11.1. The summed E-state index contributed by atoms with van der Waals surface area (Å²) < 4.78 is 6.34. The van der Waals surface area contributed by atoms with Crippen LogP contribution in [0.4, 0.5) is 0 Å². The van der Waals surface area contributed by atoms with Crippen LogP contribution in [0.15, 0.2) is 60.9 Å². The lowest BCUT2D eigenvalue weighted by Gasteiger charge is -2.38. The van der Waals surface area contributed by atoms with Gasteiger partial charge in [0.25, 0.3) is 5.91 Å². The number of aldehydes is 1. The van der Waals surface area contributed by atoms with Gasteiger partial charge in [-0.05, 0) is 73.3 Å². The van der Waals surface area contributed by atoms with Gasteiger partial charge >= 0.3 is 0 Å². The highest BCUT2D eigenvalue weighted by molar-refractivity contribution is 6.02. The van der Waals surface area contributed by atoms with Crippen LogP contribution in [0.5, 0.6) is 5.75 Å². The van der Waals surface area contributed by atoms with Crippen molar-refractivity contribution in [1.82, 2.24) is 20.1 Å². The molecule has 1 N–H and O–H groups in total. The molecule has 2 amide bonds. The molecule has 8 nitrogen and oxygen atoms in total. The molecule has 1 saturated heterocycles. The topological polar surface area (TPSA) is 91.8 Å². The Hall–Kier alpha value is -4.04. The first-order valence-electron chi connectivity index (χ1n) is 14.0. The number of carbonyl (C=O) groups is 3. The van der Waals surface area contributed by atoms with Gasteiger partial charge < -0.3 is 19.7 Å².